The Bertz CT molecular complexity index is 144. The highest BCUT2D eigenvalue weighted by Crippen LogP contribution is 2.30. The Hall–Kier alpha value is -0.530. The van der Waals surface area contributed by atoms with E-state index in [0.717, 1.165) is 6.42 Å². The molecule has 1 aliphatic heterocycles. The summed E-state index contributed by atoms with van der Waals surface area (Å²) in [5.74, 6) is -0.0417. The molecule has 0 aromatic heterocycles. The molecule has 1 fully saturated rings. The van der Waals surface area contributed by atoms with E-state index < -0.39 is 0 Å². The van der Waals surface area contributed by atoms with Gasteiger partial charge in [-0.2, -0.15) is 0 Å². The highest BCUT2D eigenvalue weighted by Gasteiger charge is 2.33. The van der Waals surface area contributed by atoms with Crippen LogP contribution in [0.4, 0.5) is 0 Å². The lowest BCUT2D eigenvalue weighted by Gasteiger charge is -2.24. The van der Waals surface area contributed by atoms with Crippen LogP contribution in [0.2, 0.25) is 0 Å². The molecule has 0 bridgehead atoms. The van der Waals surface area contributed by atoms with Crippen LogP contribution in [0.25, 0.3) is 0 Å². The molecule has 2 nitrogen and oxygen atoms in total. The van der Waals surface area contributed by atoms with Crippen molar-refractivity contribution in [3.05, 3.63) is 0 Å². The minimum Gasteiger partial charge on any atom is -0.462 e. The van der Waals surface area contributed by atoms with Gasteiger partial charge in [0, 0.05) is 6.42 Å². The molecule has 0 N–H and O–H groups in total. The quantitative estimate of drug-likeness (QED) is 0.481. The summed E-state index contributed by atoms with van der Waals surface area (Å²) in [6.07, 6.45) is 1.63. The number of hydrogen-bond donors (Lipinski definition) is 0. The largest absolute Gasteiger partial charge is 0.462 e. The van der Waals surface area contributed by atoms with Gasteiger partial charge < -0.3 is 4.74 Å². The smallest absolute Gasteiger partial charge is 0.306 e. The fourth-order valence-corrected chi connectivity index (χ4v) is 1.14. The average Bonchev–Trinajstić information content (AvgIpc) is 2.11. The van der Waals surface area contributed by atoms with Crippen molar-refractivity contribution in [1.82, 2.24) is 0 Å². The predicted octanol–water partition coefficient (Wildman–Crippen LogP) is 1.74. The van der Waals surface area contributed by atoms with Crippen LogP contribution in [0, 0.1) is 5.41 Å². The van der Waals surface area contributed by atoms with E-state index >= 15 is 0 Å². The summed E-state index contributed by atoms with van der Waals surface area (Å²) < 4.78 is 5.09. The third kappa shape index (κ3) is 1.49. The molecular formula is C8H14O2. The molecule has 0 spiro atoms. The standard InChI is InChI=1S/C8H14O2/c1-8(2,3)6-4-5-7(9)10-6/h6H,4-5H2,1-3H3/t6-/m1/s1. The Balaban J connectivity index is 2.53. The van der Waals surface area contributed by atoms with Gasteiger partial charge in [0.1, 0.15) is 6.10 Å². The average molecular weight is 142 g/mol. The van der Waals surface area contributed by atoms with E-state index in [2.05, 4.69) is 20.8 Å². The zero-order chi connectivity index (χ0) is 7.78. The van der Waals surface area contributed by atoms with Gasteiger partial charge >= 0.3 is 5.97 Å². The Morgan fingerprint density at radius 3 is 2.30 bits per heavy atom. The molecule has 1 aliphatic rings. The maximum Gasteiger partial charge on any atom is 0.306 e. The Labute approximate surface area is 61.6 Å². The third-order valence-corrected chi connectivity index (χ3v) is 1.85. The number of rotatable bonds is 0. The van der Waals surface area contributed by atoms with E-state index in [1.165, 1.54) is 0 Å². The van der Waals surface area contributed by atoms with E-state index in [-0.39, 0.29) is 17.5 Å². The second kappa shape index (κ2) is 2.26. The minimum atomic E-state index is -0.0417. The second-order valence-corrected chi connectivity index (χ2v) is 3.88. The number of hydrogen-bond acceptors (Lipinski definition) is 2. The summed E-state index contributed by atoms with van der Waals surface area (Å²) in [6, 6.07) is 0. The highest BCUT2D eigenvalue weighted by atomic mass is 16.5. The van der Waals surface area contributed by atoms with Crippen LogP contribution >= 0.6 is 0 Å². The number of cyclic esters (lactones) is 1. The van der Waals surface area contributed by atoms with Crippen molar-refractivity contribution in [2.45, 2.75) is 39.7 Å². The summed E-state index contributed by atoms with van der Waals surface area (Å²) in [5.41, 5.74) is 0.117. The van der Waals surface area contributed by atoms with Crippen molar-refractivity contribution in [3.63, 3.8) is 0 Å². The summed E-state index contributed by atoms with van der Waals surface area (Å²) >= 11 is 0. The van der Waals surface area contributed by atoms with Crippen LogP contribution in [0.1, 0.15) is 33.6 Å². The molecule has 0 radical (unpaired) electrons. The first-order valence-corrected chi connectivity index (χ1v) is 3.69. The third-order valence-electron chi connectivity index (χ3n) is 1.85. The van der Waals surface area contributed by atoms with Crippen LogP contribution in [0.3, 0.4) is 0 Å². The van der Waals surface area contributed by atoms with Gasteiger partial charge in [-0.3, -0.25) is 4.79 Å². The lowest BCUT2D eigenvalue weighted by Crippen LogP contribution is -2.25. The monoisotopic (exact) mass is 142 g/mol. The van der Waals surface area contributed by atoms with Gasteiger partial charge in [0.15, 0.2) is 0 Å². The van der Waals surface area contributed by atoms with Crippen LogP contribution in [0.15, 0.2) is 0 Å². The minimum absolute atomic E-state index is 0.0417. The van der Waals surface area contributed by atoms with Crippen molar-refractivity contribution in [2.24, 2.45) is 5.41 Å². The predicted molar refractivity (Wildman–Crippen MR) is 38.6 cm³/mol. The van der Waals surface area contributed by atoms with Gasteiger partial charge in [0.2, 0.25) is 0 Å². The molecule has 0 unspecified atom stereocenters. The fraction of sp³-hybridized carbons (Fsp3) is 0.875. The maximum atomic E-state index is 10.7. The van der Waals surface area contributed by atoms with Gasteiger partial charge in [0.05, 0.1) is 0 Å². The zero-order valence-electron chi connectivity index (χ0n) is 6.81. The number of carbonyl (C=O) groups is 1. The van der Waals surface area contributed by atoms with Crippen LogP contribution in [0.5, 0.6) is 0 Å². The van der Waals surface area contributed by atoms with Gasteiger partial charge in [-0.15, -0.1) is 0 Å². The van der Waals surface area contributed by atoms with Crippen LogP contribution < -0.4 is 0 Å². The molecule has 2 heteroatoms. The summed E-state index contributed by atoms with van der Waals surface area (Å²) in [6.45, 7) is 6.28. The number of esters is 1. The maximum absolute atomic E-state index is 10.7. The molecule has 1 heterocycles. The first-order chi connectivity index (χ1) is 4.50. The first kappa shape index (κ1) is 7.58. The SMILES string of the molecule is CC(C)(C)[C@H]1CCC(=O)O1. The second-order valence-electron chi connectivity index (χ2n) is 3.88. The molecule has 0 aromatic rings. The van der Waals surface area contributed by atoms with Gasteiger partial charge in [-0.1, -0.05) is 20.8 Å². The highest BCUT2D eigenvalue weighted by molar-refractivity contribution is 5.71. The number of ether oxygens (including phenoxy) is 1. The topological polar surface area (TPSA) is 26.3 Å². The molecule has 0 aliphatic carbocycles. The summed E-state index contributed by atoms with van der Waals surface area (Å²) in [4.78, 5) is 10.7. The molecule has 1 saturated heterocycles. The van der Waals surface area contributed by atoms with Crippen molar-refractivity contribution in [2.75, 3.05) is 0 Å². The molecular weight excluding hydrogens is 128 g/mol. The normalized spacial score (nSPS) is 26.7. The van der Waals surface area contributed by atoms with E-state index in [1.807, 2.05) is 0 Å². The van der Waals surface area contributed by atoms with Crippen molar-refractivity contribution in [3.8, 4) is 0 Å². The van der Waals surface area contributed by atoms with E-state index in [0.29, 0.717) is 6.42 Å². The fourth-order valence-electron chi connectivity index (χ4n) is 1.14. The van der Waals surface area contributed by atoms with E-state index in [9.17, 15) is 4.79 Å². The van der Waals surface area contributed by atoms with Crippen molar-refractivity contribution < 1.29 is 9.53 Å². The molecule has 0 amide bonds. The first-order valence-electron chi connectivity index (χ1n) is 3.69. The van der Waals surface area contributed by atoms with Crippen molar-refractivity contribution in [1.29, 1.82) is 0 Å². The number of carbonyl (C=O) groups excluding carboxylic acids is 1. The molecule has 1 atom stereocenters. The Morgan fingerprint density at radius 2 is 2.10 bits per heavy atom. The molecule has 58 valence electrons. The molecule has 10 heavy (non-hydrogen) atoms. The molecule has 1 rings (SSSR count). The lowest BCUT2D eigenvalue weighted by molar-refractivity contribution is -0.144. The Morgan fingerprint density at radius 1 is 1.50 bits per heavy atom. The van der Waals surface area contributed by atoms with Crippen molar-refractivity contribution >= 4 is 5.97 Å². The van der Waals surface area contributed by atoms with E-state index in [1.54, 1.807) is 0 Å². The van der Waals surface area contributed by atoms with Gasteiger partial charge in [-0.25, -0.2) is 0 Å². The van der Waals surface area contributed by atoms with Gasteiger partial charge in [-0.05, 0) is 11.8 Å². The van der Waals surface area contributed by atoms with E-state index in [4.69, 9.17) is 4.74 Å². The molecule has 0 aromatic carbocycles. The van der Waals surface area contributed by atoms with Crippen LogP contribution in [-0.4, -0.2) is 12.1 Å². The Kier molecular flexibility index (Phi) is 1.71. The lowest BCUT2D eigenvalue weighted by atomic mass is 9.88. The summed E-state index contributed by atoms with van der Waals surface area (Å²) in [7, 11) is 0. The summed E-state index contributed by atoms with van der Waals surface area (Å²) in [5, 5.41) is 0. The zero-order valence-corrected chi connectivity index (χ0v) is 6.81. The van der Waals surface area contributed by atoms with Crippen LogP contribution in [-0.2, 0) is 9.53 Å². The van der Waals surface area contributed by atoms with Gasteiger partial charge in [0.25, 0.3) is 0 Å². The molecule has 0 saturated carbocycles.